The molecule has 0 radical (unpaired) electrons. The zero-order chi connectivity index (χ0) is 17.4. The number of sulfonamides is 1. The van der Waals surface area contributed by atoms with E-state index >= 15 is 0 Å². The van der Waals surface area contributed by atoms with E-state index in [1.807, 2.05) is 5.48 Å². The van der Waals surface area contributed by atoms with E-state index in [0.29, 0.717) is 16.9 Å². The number of hydrogen-bond donors (Lipinski definition) is 3. The molecule has 5 nitrogen and oxygen atoms in total. The van der Waals surface area contributed by atoms with Crippen LogP contribution in [0.1, 0.15) is 5.56 Å². The molecule has 0 spiro atoms. The smallest absolute Gasteiger partial charge is 0.261 e. The summed E-state index contributed by atoms with van der Waals surface area (Å²) in [6, 6.07) is 14.9. The first-order chi connectivity index (χ1) is 11.5. The van der Waals surface area contributed by atoms with Crippen LogP contribution in [0.15, 0.2) is 83.9 Å². The normalized spacial score (nSPS) is 10.7. The largest absolute Gasteiger partial charge is 0.291 e. The van der Waals surface area contributed by atoms with Crippen LogP contribution in [0.5, 0.6) is 0 Å². The van der Waals surface area contributed by atoms with Gasteiger partial charge in [0.05, 0.1) is 16.3 Å². The fraction of sp³-hybridized carbons (Fsp3) is 0. The summed E-state index contributed by atoms with van der Waals surface area (Å²) in [5, 5.41) is 8.58. The lowest BCUT2D eigenvalue weighted by molar-refractivity contribution is 0.205. The molecule has 3 N–H and O–H groups in total. The van der Waals surface area contributed by atoms with Crippen LogP contribution in [0.4, 0.5) is 5.69 Å². The lowest BCUT2D eigenvalue weighted by Crippen LogP contribution is -2.12. The predicted octanol–water partition coefficient (Wildman–Crippen LogP) is 2.89. The number of rotatable bonds is 5. The summed E-state index contributed by atoms with van der Waals surface area (Å²) in [6.07, 6.45) is 3.03. The summed E-state index contributed by atoms with van der Waals surface area (Å²) in [7, 11) is -3.63. The van der Waals surface area contributed by atoms with E-state index in [1.165, 1.54) is 24.3 Å². The molecule has 6 heteroatoms. The van der Waals surface area contributed by atoms with Crippen molar-refractivity contribution in [2.24, 2.45) is 0 Å². The van der Waals surface area contributed by atoms with Crippen molar-refractivity contribution in [3.8, 4) is 11.8 Å². The summed E-state index contributed by atoms with van der Waals surface area (Å²) in [5.41, 5.74) is 3.28. The van der Waals surface area contributed by atoms with E-state index in [2.05, 4.69) is 23.1 Å². The van der Waals surface area contributed by atoms with Crippen molar-refractivity contribution in [3.63, 3.8) is 0 Å². The van der Waals surface area contributed by atoms with Gasteiger partial charge in [0.1, 0.15) is 0 Å². The molecule has 0 aromatic heterocycles. The third kappa shape index (κ3) is 5.02. The van der Waals surface area contributed by atoms with Crippen LogP contribution < -0.4 is 10.2 Å². The lowest BCUT2D eigenvalue weighted by atomic mass is 10.2. The number of benzene rings is 2. The molecule has 122 valence electrons. The molecule has 0 heterocycles. The number of anilines is 1. The van der Waals surface area contributed by atoms with Gasteiger partial charge >= 0.3 is 0 Å². The number of allylic oxidation sites excluding steroid dienone is 2. The molecular weight excluding hydrogens is 324 g/mol. The molecule has 0 unspecified atom stereocenters. The van der Waals surface area contributed by atoms with Gasteiger partial charge in [-0.1, -0.05) is 42.7 Å². The van der Waals surface area contributed by atoms with E-state index in [1.54, 1.807) is 42.5 Å². The average molecular weight is 340 g/mol. The highest BCUT2D eigenvalue weighted by molar-refractivity contribution is 7.92. The maximum Gasteiger partial charge on any atom is 0.261 e. The highest BCUT2D eigenvalue weighted by Crippen LogP contribution is 2.16. The van der Waals surface area contributed by atoms with Gasteiger partial charge in [-0.25, -0.2) is 8.42 Å². The van der Waals surface area contributed by atoms with Gasteiger partial charge in [-0.05, 0) is 42.5 Å². The number of hydroxylamine groups is 1. The Morgan fingerprint density at radius 2 is 1.88 bits per heavy atom. The van der Waals surface area contributed by atoms with Gasteiger partial charge in [0.2, 0.25) is 0 Å². The van der Waals surface area contributed by atoms with E-state index in [0.717, 1.165) is 0 Å². The minimum absolute atomic E-state index is 0.194. The van der Waals surface area contributed by atoms with Crippen LogP contribution >= 0.6 is 0 Å². The van der Waals surface area contributed by atoms with Crippen molar-refractivity contribution in [2.75, 3.05) is 4.72 Å². The molecular formula is C18H16N2O3S. The van der Waals surface area contributed by atoms with Crippen molar-refractivity contribution >= 4 is 15.7 Å². The summed E-state index contributed by atoms with van der Waals surface area (Å²) in [6.45, 7) is 3.51. The third-order valence-electron chi connectivity index (χ3n) is 2.90. The fourth-order valence-electron chi connectivity index (χ4n) is 1.78. The molecule has 0 aliphatic heterocycles. The van der Waals surface area contributed by atoms with E-state index in [4.69, 9.17) is 5.21 Å². The quantitative estimate of drug-likeness (QED) is 0.444. The molecule has 2 rings (SSSR count). The second kappa shape index (κ2) is 8.02. The van der Waals surface area contributed by atoms with Gasteiger partial charge in [-0.15, -0.1) is 0 Å². The standard InChI is InChI=1S/C18H16N2O3S/c1-15(19-21)8-5-6-9-16-10-7-11-17(14-16)20-24(22,23)18-12-3-2-4-13-18/h2-5,7-8,10-14,19-21H,1H2/b8-5+. The van der Waals surface area contributed by atoms with Crippen molar-refractivity contribution in [2.45, 2.75) is 4.90 Å². The van der Waals surface area contributed by atoms with Gasteiger partial charge < -0.3 is 0 Å². The zero-order valence-corrected chi connectivity index (χ0v) is 13.5. The Labute approximate surface area is 141 Å². The van der Waals surface area contributed by atoms with Crippen LogP contribution in [-0.4, -0.2) is 13.6 Å². The van der Waals surface area contributed by atoms with Crippen LogP contribution in [-0.2, 0) is 10.0 Å². The second-order valence-corrected chi connectivity index (χ2v) is 6.42. The summed E-state index contributed by atoms with van der Waals surface area (Å²) in [5.74, 6) is 5.64. The minimum Gasteiger partial charge on any atom is -0.291 e. The number of nitrogens with one attached hydrogen (secondary N) is 2. The summed E-state index contributed by atoms with van der Waals surface area (Å²) >= 11 is 0. The van der Waals surface area contributed by atoms with E-state index in [9.17, 15) is 8.42 Å². The first kappa shape index (κ1) is 17.3. The van der Waals surface area contributed by atoms with E-state index in [-0.39, 0.29) is 4.90 Å². The molecule has 0 atom stereocenters. The summed E-state index contributed by atoms with van der Waals surface area (Å²) in [4.78, 5) is 0.194. The van der Waals surface area contributed by atoms with Crippen LogP contribution in [0.3, 0.4) is 0 Å². The Hall–Kier alpha value is -3.01. The maximum absolute atomic E-state index is 12.3. The Balaban J connectivity index is 2.15. The molecule has 0 bridgehead atoms. The predicted molar refractivity (Wildman–Crippen MR) is 93.8 cm³/mol. The van der Waals surface area contributed by atoms with Gasteiger partial charge in [0.25, 0.3) is 10.0 Å². The molecule has 2 aromatic rings. The van der Waals surface area contributed by atoms with Gasteiger partial charge in [-0.3, -0.25) is 15.4 Å². The first-order valence-corrected chi connectivity index (χ1v) is 8.44. The molecule has 0 saturated heterocycles. The molecule has 0 amide bonds. The highest BCUT2D eigenvalue weighted by Gasteiger charge is 2.13. The van der Waals surface area contributed by atoms with Crippen molar-refractivity contribution in [3.05, 3.63) is 84.6 Å². The Bertz CT molecular complexity index is 908. The monoisotopic (exact) mass is 340 g/mol. The lowest BCUT2D eigenvalue weighted by Gasteiger charge is -2.08. The zero-order valence-electron chi connectivity index (χ0n) is 12.7. The third-order valence-corrected chi connectivity index (χ3v) is 4.29. The van der Waals surface area contributed by atoms with E-state index < -0.39 is 10.0 Å². The van der Waals surface area contributed by atoms with Gasteiger partial charge in [-0.2, -0.15) is 0 Å². The fourth-order valence-corrected chi connectivity index (χ4v) is 2.85. The SMILES string of the molecule is C=C(/C=C/C#Cc1cccc(NS(=O)(=O)c2ccccc2)c1)NO. The first-order valence-electron chi connectivity index (χ1n) is 6.96. The molecule has 0 aliphatic carbocycles. The highest BCUT2D eigenvalue weighted by atomic mass is 32.2. The second-order valence-electron chi connectivity index (χ2n) is 4.74. The Kier molecular flexibility index (Phi) is 5.79. The number of hydrogen-bond acceptors (Lipinski definition) is 4. The van der Waals surface area contributed by atoms with Gasteiger partial charge in [0, 0.05) is 5.56 Å². The minimum atomic E-state index is -3.63. The van der Waals surface area contributed by atoms with Crippen LogP contribution in [0.25, 0.3) is 0 Å². The molecule has 24 heavy (non-hydrogen) atoms. The van der Waals surface area contributed by atoms with Crippen molar-refractivity contribution < 1.29 is 13.6 Å². The molecule has 0 fully saturated rings. The van der Waals surface area contributed by atoms with Crippen LogP contribution in [0.2, 0.25) is 0 Å². The topological polar surface area (TPSA) is 78.4 Å². The maximum atomic E-state index is 12.3. The molecule has 0 saturated carbocycles. The Morgan fingerprint density at radius 1 is 1.12 bits per heavy atom. The average Bonchev–Trinajstić information content (AvgIpc) is 2.59. The Morgan fingerprint density at radius 3 is 2.58 bits per heavy atom. The van der Waals surface area contributed by atoms with Crippen molar-refractivity contribution in [1.82, 2.24) is 5.48 Å². The van der Waals surface area contributed by atoms with Crippen molar-refractivity contribution in [1.29, 1.82) is 0 Å². The summed E-state index contributed by atoms with van der Waals surface area (Å²) < 4.78 is 27.1. The van der Waals surface area contributed by atoms with Gasteiger partial charge in [0.15, 0.2) is 0 Å². The molecule has 2 aromatic carbocycles. The van der Waals surface area contributed by atoms with Crippen LogP contribution in [0, 0.1) is 11.8 Å². The molecule has 0 aliphatic rings.